The third-order valence-corrected chi connectivity index (χ3v) is 5.82. The van der Waals surface area contributed by atoms with Gasteiger partial charge >= 0.3 is 0 Å². The number of anilines is 2. The predicted octanol–water partition coefficient (Wildman–Crippen LogP) is 3.25. The number of carbonyl (C=O) groups is 2. The van der Waals surface area contributed by atoms with Crippen LogP contribution in [0.3, 0.4) is 0 Å². The Morgan fingerprint density at radius 2 is 1.69 bits per heavy atom. The van der Waals surface area contributed by atoms with Crippen LogP contribution in [0.1, 0.15) is 20.7 Å². The molecule has 3 aromatic carbocycles. The minimum atomic E-state index is -4.01. The number of nitrogens with one attached hydrogen (secondary N) is 3. The SMILES string of the molecule is CNC(=O)c1cc(NC(=O)c2cccc(S(=O)(=O)Nc3ccccc3OC)c2)ccc1F. The number of hydrogen-bond donors (Lipinski definition) is 3. The highest BCUT2D eigenvalue weighted by atomic mass is 32.2. The molecule has 10 heteroatoms. The second kappa shape index (κ2) is 9.48. The van der Waals surface area contributed by atoms with Gasteiger partial charge in [0.05, 0.1) is 23.3 Å². The number of hydrogen-bond acceptors (Lipinski definition) is 5. The van der Waals surface area contributed by atoms with Crippen molar-refractivity contribution in [3.05, 3.63) is 83.7 Å². The first-order chi connectivity index (χ1) is 15.2. The largest absolute Gasteiger partial charge is 0.495 e. The predicted molar refractivity (Wildman–Crippen MR) is 118 cm³/mol. The van der Waals surface area contributed by atoms with E-state index in [9.17, 15) is 22.4 Å². The maximum Gasteiger partial charge on any atom is 0.262 e. The zero-order chi connectivity index (χ0) is 23.3. The second-order valence-electron chi connectivity index (χ2n) is 6.56. The van der Waals surface area contributed by atoms with Crippen molar-refractivity contribution in [2.75, 3.05) is 24.2 Å². The molecule has 0 aliphatic rings. The Morgan fingerprint density at radius 3 is 2.41 bits per heavy atom. The Labute approximate surface area is 184 Å². The lowest BCUT2D eigenvalue weighted by atomic mass is 10.1. The highest BCUT2D eigenvalue weighted by Gasteiger charge is 2.19. The number of benzene rings is 3. The van der Waals surface area contributed by atoms with Crippen LogP contribution in [0.25, 0.3) is 0 Å². The van der Waals surface area contributed by atoms with Crippen molar-refractivity contribution < 1.29 is 27.1 Å². The number of para-hydroxylation sites is 2. The van der Waals surface area contributed by atoms with E-state index in [4.69, 9.17) is 4.74 Å². The molecule has 3 rings (SSSR count). The Kier molecular flexibility index (Phi) is 6.74. The number of ether oxygens (including phenoxy) is 1. The normalized spacial score (nSPS) is 10.8. The molecule has 0 fully saturated rings. The molecule has 166 valence electrons. The molecule has 0 saturated heterocycles. The van der Waals surface area contributed by atoms with Crippen molar-refractivity contribution in [3.63, 3.8) is 0 Å². The fourth-order valence-electron chi connectivity index (χ4n) is 2.85. The number of carbonyl (C=O) groups excluding carboxylic acids is 2. The van der Waals surface area contributed by atoms with Gasteiger partial charge in [-0.1, -0.05) is 18.2 Å². The topological polar surface area (TPSA) is 114 Å². The van der Waals surface area contributed by atoms with Gasteiger partial charge in [-0.3, -0.25) is 14.3 Å². The van der Waals surface area contributed by atoms with Crippen molar-refractivity contribution in [1.29, 1.82) is 0 Å². The maximum absolute atomic E-state index is 13.8. The molecule has 2 amide bonds. The zero-order valence-corrected chi connectivity index (χ0v) is 18.0. The molecular weight excluding hydrogens is 437 g/mol. The molecule has 0 aliphatic carbocycles. The summed E-state index contributed by atoms with van der Waals surface area (Å²) in [5.41, 5.74) is 0.245. The van der Waals surface area contributed by atoms with Crippen LogP contribution in [0, 0.1) is 5.82 Å². The van der Waals surface area contributed by atoms with Gasteiger partial charge in [0.25, 0.3) is 21.8 Å². The van der Waals surface area contributed by atoms with Crippen LogP contribution in [0.5, 0.6) is 5.75 Å². The third-order valence-electron chi connectivity index (χ3n) is 4.45. The van der Waals surface area contributed by atoms with E-state index in [1.54, 1.807) is 24.3 Å². The van der Waals surface area contributed by atoms with Gasteiger partial charge in [-0.25, -0.2) is 12.8 Å². The van der Waals surface area contributed by atoms with Crippen LogP contribution < -0.4 is 20.1 Å². The van der Waals surface area contributed by atoms with E-state index in [2.05, 4.69) is 15.4 Å². The number of halogens is 1. The van der Waals surface area contributed by atoms with Gasteiger partial charge in [-0.05, 0) is 48.5 Å². The molecule has 0 radical (unpaired) electrons. The molecule has 0 aliphatic heterocycles. The average Bonchev–Trinajstić information content (AvgIpc) is 2.80. The molecule has 0 aromatic heterocycles. The number of amides is 2. The summed E-state index contributed by atoms with van der Waals surface area (Å²) < 4.78 is 47.0. The molecule has 0 bridgehead atoms. The van der Waals surface area contributed by atoms with Crippen LogP contribution in [0.15, 0.2) is 71.6 Å². The average molecular weight is 457 g/mol. The van der Waals surface area contributed by atoms with E-state index in [1.807, 2.05) is 0 Å². The van der Waals surface area contributed by atoms with E-state index in [1.165, 1.54) is 50.6 Å². The van der Waals surface area contributed by atoms with E-state index in [0.717, 1.165) is 6.07 Å². The van der Waals surface area contributed by atoms with E-state index < -0.39 is 27.7 Å². The quantitative estimate of drug-likeness (QED) is 0.504. The highest BCUT2D eigenvalue weighted by molar-refractivity contribution is 7.92. The molecule has 3 aromatic rings. The Morgan fingerprint density at radius 1 is 0.938 bits per heavy atom. The minimum absolute atomic E-state index is 0.0544. The van der Waals surface area contributed by atoms with Gasteiger partial charge in [-0.2, -0.15) is 0 Å². The van der Waals surface area contributed by atoms with Crippen molar-refractivity contribution in [2.45, 2.75) is 4.90 Å². The summed E-state index contributed by atoms with van der Waals surface area (Å²) >= 11 is 0. The summed E-state index contributed by atoms with van der Waals surface area (Å²) in [4.78, 5) is 24.3. The van der Waals surface area contributed by atoms with E-state index in [-0.39, 0.29) is 27.4 Å². The molecule has 0 saturated carbocycles. The molecule has 8 nitrogen and oxygen atoms in total. The monoisotopic (exact) mass is 457 g/mol. The lowest BCUT2D eigenvalue weighted by Gasteiger charge is -2.12. The molecule has 0 heterocycles. The molecule has 3 N–H and O–H groups in total. The zero-order valence-electron chi connectivity index (χ0n) is 17.2. The number of rotatable bonds is 7. The van der Waals surface area contributed by atoms with Crippen LogP contribution in [0.4, 0.5) is 15.8 Å². The molecule has 0 atom stereocenters. The first-order valence-corrected chi connectivity index (χ1v) is 10.8. The van der Waals surface area contributed by atoms with Gasteiger partial charge in [0.2, 0.25) is 0 Å². The van der Waals surface area contributed by atoms with Crippen molar-refractivity contribution in [3.8, 4) is 5.75 Å². The van der Waals surface area contributed by atoms with Gasteiger partial charge in [0, 0.05) is 18.3 Å². The van der Waals surface area contributed by atoms with Crippen molar-refractivity contribution in [1.82, 2.24) is 5.32 Å². The first kappa shape index (κ1) is 22.8. The van der Waals surface area contributed by atoms with Gasteiger partial charge in [0.15, 0.2) is 0 Å². The summed E-state index contributed by atoms with van der Waals surface area (Å²) in [6.07, 6.45) is 0. The number of methoxy groups -OCH3 is 1. The Balaban J connectivity index is 1.84. The fourth-order valence-corrected chi connectivity index (χ4v) is 3.97. The highest BCUT2D eigenvalue weighted by Crippen LogP contribution is 2.26. The summed E-state index contributed by atoms with van der Waals surface area (Å²) in [6, 6.07) is 15.5. The standard InChI is InChI=1S/C22H20FN3O5S/c1-24-22(28)17-13-15(10-11-18(17)23)25-21(27)14-6-5-7-16(12-14)32(29,30)26-19-8-3-4-9-20(19)31-2/h3-13,26H,1-2H3,(H,24,28)(H,25,27). The van der Waals surface area contributed by atoms with E-state index >= 15 is 0 Å². The summed E-state index contributed by atoms with van der Waals surface area (Å²) in [7, 11) is -1.24. The van der Waals surface area contributed by atoms with Crippen molar-refractivity contribution >= 4 is 33.2 Å². The smallest absolute Gasteiger partial charge is 0.262 e. The molecule has 32 heavy (non-hydrogen) atoms. The lowest BCUT2D eigenvalue weighted by Crippen LogP contribution is -2.20. The van der Waals surface area contributed by atoms with Crippen LogP contribution in [-0.4, -0.2) is 34.4 Å². The second-order valence-corrected chi connectivity index (χ2v) is 8.24. The maximum atomic E-state index is 13.8. The van der Waals surface area contributed by atoms with Gasteiger partial charge in [0.1, 0.15) is 11.6 Å². The van der Waals surface area contributed by atoms with E-state index in [0.29, 0.717) is 5.75 Å². The van der Waals surface area contributed by atoms with Gasteiger partial charge in [-0.15, -0.1) is 0 Å². The Hall–Kier alpha value is -3.92. The third kappa shape index (κ3) is 5.03. The molecule has 0 unspecified atom stereocenters. The molecule has 0 spiro atoms. The molecular formula is C22H20FN3O5S. The number of sulfonamides is 1. The first-order valence-electron chi connectivity index (χ1n) is 9.34. The fraction of sp³-hybridized carbons (Fsp3) is 0.0909. The van der Waals surface area contributed by atoms with Crippen LogP contribution in [0.2, 0.25) is 0 Å². The summed E-state index contributed by atoms with van der Waals surface area (Å²) in [5.74, 6) is -1.67. The summed E-state index contributed by atoms with van der Waals surface area (Å²) in [5, 5.41) is 4.84. The van der Waals surface area contributed by atoms with Crippen molar-refractivity contribution in [2.24, 2.45) is 0 Å². The minimum Gasteiger partial charge on any atom is -0.495 e. The lowest BCUT2D eigenvalue weighted by molar-refractivity contribution is 0.0957. The van der Waals surface area contributed by atoms with Crippen LogP contribution >= 0.6 is 0 Å². The Bertz CT molecular complexity index is 1280. The van der Waals surface area contributed by atoms with Gasteiger partial charge < -0.3 is 15.4 Å². The van der Waals surface area contributed by atoms with Crippen LogP contribution in [-0.2, 0) is 10.0 Å². The summed E-state index contributed by atoms with van der Waals surface area (Å²) in [6.45, 7) is 0.